The number of nitrogens with one attached hydrogen (secondary N) is 1. The topological polar surface area (TPSA) is 52.6 Å². The molecule has 3 aromatic carbocycles. The van der Waals surface area contributed by atoms with Crippen LogP contribution in [-0.2, 0) is 16.0 Å². The van der Waals surface area contributed by atoms with Crippen LogP contribution in [0.4, 0.5) is 17.1 Å². The number of nitrogens with zero attached hydrogens (tertiary/aromatic N) is 2. The smallest absolute Gasteiger partial charge is 0.238 e. The van der Waals surface area contributed by atoms with Gasteiger partial charge in [-0.3, -0.25) is 14.5 Å². The molecule has 0 bridgehead atoms. The predicted molar refractivity (Wildman–Crippen MR) is 133 cm³/mol. The van der Waals surface area contributed by atoms with Crippen LogP contribution < -0.4 is 15.1 Å². The van der Waals surface area contributed by atoms with Crippen molar-refractivity contribution in [1.82, 2.24) is 0 Å². The number of aryl methyl sites for hydroxylation is 1. The fraction of sp³-hybridized carbons (Fsp3) is 0.231. The SMILES string of the molecule is CN(C)c1ccc(N2C(=O)CSC2c2cccc(NC(=O)CCc3ccccc3)c2)cc1. The van der Waals surface area contributed by atoms with E-state index >= 15 is 0 Å². The van der Waals surface area contributed by atoms with Crippen LogP contribution in [0.1, 0.15) is 22.9 Å². The molecule has 32 heavy (non-hydrogen) atoms. The summed E-state index contributed by atoms with van der Waals surface area (Å²) < 4.78 is 0. The second-order valence-electron chi connectivity index (χ2n) is 8.00. The summed E-state index contributed by atoms with van der Waals surface area (Å²) in [7, 11) is 3.99. The van der Waals surface area contributed by atoms with Crippen molar-refractivity contribution >= 4 is 40.6 Å². The van der Waals surface area contributed by atoms with E-state index in [1.165, 1.54) is 0 Å². The third-order valence-electron chi connectivity index (χ3n) is 5.45. The summed E-state index contributed by atoms with van der Waals surface area (Å²) in [6, 6.07) is 25.8. The Hall–Kier alpha value is -3.25. The van der Waals surface area contributed by atoms with Crippen LogP contribution in [0, 0.1) is 0 Å². The molecular formula is C26H27N3O2S. The zero-order chi connectivity index (χ0) is 22.5. The van der Waals surface area contributed by atoms with Gasteiger partial charge in [-0.2, -0.15) is 0 Å². The van der Waals surface area contributed by atoms with Crippen LogP contribution in [0.15, 0.2) is 78.9 Å². The summed E-state index contributed by atoms with van der Waals surface area (Å²) in [5, 5.41) is 2.89. The molecule has 0 aliphatic carbocycles. The highest BCUT2D eigenvalue weighted by Gasteiger charge is 2.34. The monoisotopic (exact) mass is 445 g/mol. The minimum atomic E-state index is -0.117. The van der Waals surface area contributed by atoms with E-state index < -0.39 is 0 Å². The van der Waals surface area contributed by atoms with Crippen molar-refractivity contribution in [2.24, 2.45) is 0 Å². The summed E-state index contributed by atoms with van der Waals surface area (Å²) in [6.07, 6.45) is 1.13. The van der Waals surface area contributed by atoms with Crippen molar-refractivity contribution in [3.63, 3.8) is 0 Å². The van der Waals surface area contributed by atoms with Gasteiger partial charge >= 0.3 is 0 Å². The lowest BCUT2D eigenvalue weighted by Crippen LogP contribution is -2.27. The van der Waals surface area contributed by atoms with Crippen molar-refractivity contribution in [3.8, 4) is 0 Å². The van der Waals surface area contributed by atoms with Gasteiger partial charge in [0.2, 0.25) is 11.8 Å². The lowest BCUT2D eigenvalue weighted by Gasteiger charge is -2.25. The molecule has 5 nitrogen and oxygen atoms in total. The lowest BCUT2D eigenvalue weighted by molar-refractivity contribution is -0.116. The summed E-state index contributed by atoms with van der Waals surface area (Å²) in [4.78, 5) is 29.0. The van der Waals surface area contributed by atoms with Gasteiger partial charge in [-0.15, -0.1) is 11.8 Å². The van der Waals surface area contributed by atoms with E-state index in [0.29, 0.717) is 18.6 Å². The molecule has 6 heteroatoms. The third kappa shape index (κ3) is 5.14. The first-order valence-corrected chi connectivity index (χ1v) is 11.7. The molecule has 1 N–H and O–H groups in total. The van der Waals surface area contributed by atoms with Gasteiger partial charge in [0, 0.05) is 37.6 Å². The second kappa shape index (κ2) is 9.92. The highest BCUT2D eigenvalue weighted by Crippen LogP contribution is 2.42. The number of amides is 2. The first kappa shape index (κ1) is 22.0. The van der Waals surface area contributed by atoms with Crippen LogP contribution >= 0.6 is 11.8 Å². The minimum absolute atomic E-state index is 0.0164. The van der Waals surface area contributed by atoms with Crippen molar-refractivity contribution in [2.75, 3.05) is 35.0 Å². The van der Waals surface area contributed by atoms with Crippen molar-refractivity contribution in [1.29, 1.82) is 0 Å². The van der Waals surface area contributed by atoms with E-state index in [-0.39, 0.29) is 17.2 Å². The summed E-state index contributed by atoms with van der Waals surface area (Å²) in [6.45, 7) is 0. The molecule has 1 atom stereocenters. The molecular weight excluding hydrogens is 418 g/mol. The molecule has 1 heterocycles. The molecule has 3 aromatic rings. The predicted octanol–water partition coefficient (Wildman–Crippen LogP) is 5.10. The number of anilines is 3. The molecule has 1 fully saturated rings. The highest BCUT2D eigenvalue weighted by atomic mass is 32.2. The fourth-order valence-corrected chi connectivity index (χ4v) is 4.92. The van der Waals surface area contributed by atoms with Crippen LogP contribution in [0.3, 0.4) is 0 Å². The Bertz CT molecular complexity index is 1080. The van der Waals surface area contributed by atoms with E-state index in [0.717, 1.165) is 28.2 Å². The summed E-state index contributed by atoms with van der Waals surface area (Å²) in [5.41, 5.74) is 4.87. The Morgan fingerprint density at radius 1 is 1.03 bits per heavy atom. The largest absolute Gasteiger partial charge is 0.378 e. The normalized spacial score (nSPS) is 15.6. The molecule has 0 spiro atoms. The quantitative estimate of drug-likeness (QED) is 0.550. The molecule has 1 unspecified atom stereocenters. The maximum atomic E-state index is 12.7. The standard InChI is InChI=1S/C26H27N3O2S/c1-28(2)22-12-14-23(15-13-22)29-25(31)18-32-26(29)20-9-6-10-21(17-20)27-24(30)16-11-19-7-4-3-5-8-19/h3-10,12-15,17,26H,11,16,18H2,1-2H3,(H,27,30). The lowest BCUT2D eigenvalue weighted by atomic mass is 10.1. The summed E-state index contributed by atoms with van der Waals surface area (Å²) >= 11 is 1.61. The Labute approximate surface area is 193 Å². The van der Waals surface area contributed by atoms with E-state index in [9.17, 15) is 9.59 Å². The van der Waals surface area contributed by atoms with Crippen molar-refractivity contribution < 1.29 is 9.59 Å². The Kier molecular flexibility index (Phi) is 6.81. The van der Waals surface area contributed by atoms with E-state index in [1.54, 1.807) is 11.8 Å². The van der Waals surface area contributed by atoms with Gasteiger partial charge in [-0.05, 0) is 53.9 Å². The van der Waals surface area contributed by atoms with Crippen LogP contribution in [0.25, 0.3) is 0 Å². The first-order chi connectivity index (χ1) is 15.5. The Balaban J connectivity index is 1.46. The Morgan fingerprint density at radius 3 is 2.50 bits per heavy atom. The average Bonchev–Trinajstić information content (AvgIpc) is 3.20. The third-order valence-corrected chi connectivity index (χ3v) is 6.66. The highest BCUT2D eigenvalue weighted by molar-refractivity contribution is 8.00. The van der Waals surface area contributed by atoms with Gasteiger partial charge < -0.3 is 10.2 Å². The number of carbonyl (C=O) groups excluding carboxylic acids is 2. The number of thioether (sulfide) groups is 1. The number of benzene rings is 3. The molecule has 1 saturated heterocycles. The van der Waals surface area contributed by atoms with E-state index in [1.807, 2.05) is 103 Å². The molecule has 1 aliphatic heterocycles. The molecule has 164 valence electrons. The fourth-order valence-electron chi connectivity index (χ4n) is 3.76. The van der Waals surface area contributed by atoms with Gasteiger partial charge in [0.15, 0.2) is 0 Å². The molecule has 2 amide bonds. The van der Waals surface area contributed by atoms with Crippen molar-refractivity contribution in [2.45, 2.75) is 18.2 Å². The second-order valence-corrected chi connectivity index (χ2v) is 9.07. The van der Waals surface area contributed by atoms with E-state index in [4.69, 9.17) is 0 Å². The molecule has 0 aromatic heterocycles. The first-order valence-electron chi connectivity index (χ1n) is 10.7. The van der Waals surface area contributed by atoms with Crippen LogP contribution in [-0.4, -0.2) is 31.7 Å². The molecule has 0 saturated carbocycles. The number of carbonyl (C=O) groups is 2. The maximum Gasteiger partial charge on any atom is 0.238 e. The molecule has 1 aliphatic rings. The Morgan fingerprint density at radius 2 is 1.78 bits per heavy atom. The van der Waals surface area contributed by atoms with Gasteiger partial charge in [-0.25, -0.2) is 0 Å². The van der Waals surface area contributed by atoms with Gasteiger partial charge in [0.05, 0.1) is 5.75 Å². The molecule has 4 rings (SSSR count). The number of hydrogen-bond acceptors (Lipinski definition) is 4. The maximum absolute atomic E-state index is 12.7. The van der Waals surface area contributed by atoms with Gasteiger partial charge in [0.1, 0.15) is 5.37 Å². The zero-order valence-corrected chi connectivity index (χ0v) is 19.1. The molecule has 0 radical (unpaired) electrons. The van der Waals surface area contributed by atoms with Crippen LogP contribution in [0.2, 0.25) is 0 Å². The van der Waals surface area contributed by atoms with Gasteiger partial charge in [0.25, 0.3) is 0 Å². The minimum Gasteiger partial charge on any atom is -0.378 e. The number of rotatable bonds is 7. The van der Waals surface area contributed by atoms with E-state index in [2.05, 4.69) is 5.32 Å². The summed E-state index contributed by atoms with van der Waals surface area (Å²) in [5.74, 6) is 0.514. The zero-order valence-electron chi connectivity index (χ0n) is 18.3. The number of hydrogen-bond donors (Lipinski definition) is 1. The van der Waals surface area contributed by atoms with Gasteiger partial charge in [-0.1, -0.05) is 42.5 Å². The average molecular weight is 446 g/mol. The van der Waals surface area contributed by atoms with Crippen LogP contribution in [0.5, 0.6) is 0 Å². The van der Waals surface area contributed by atoms with Crippen molar-refractivity contribution in [3.05, 3.63) is 90.0 Å².